The van der Waals surface area contributed by atoms with Gasteiger partial charge in [0.25, 0.3) is 0 Å². The van der Waals surface area contributed by atoms with Crippen LogP contribution < -0.4 is 5.32 Å². The van der Waals surface area contributed by atoms with Gasteiger partial charge in [-0.2, -0.15) is 0 Å². The van der Waals surface area contributed by atoms with Crippen molar-refractivity contribution in [2.45, 2.75) is 32.1 Å². The van der Waals surface area contributed by atoms with Gasteiger partial charge in [0, 0.05) is 5.02 Å². The van der Waals surface area contributed by atoms with Gasteiger partial charge in [0.05, 0.1) is 0 Å². The molecule has 1 heterocycles. The van der Waals surface area contributed by atoms with Crippen molar-refractivity contribution in [2.75, 3.05) is 13.1 Å². The highest BCUT2D eigenvalue weighted by molar-refractivity contribution is 6.31. The summed E-state index contributed by atoms with van der Waals surface area (Å²) in [4.78, 5) is 0. The maximum Gasteiger partial charge on any atom is 0.0440 e. The second-order valence-corrected chi connectivity index (χ2v) is 5.28. The SMILES string of the molecule is CC(CC1CCCNC1)c1ccccc1Cl. The highest BCUT2D eigenvalue weighted by Gasteiger charge is 2.18. The second-order valence-electron chi connectivity index (χ2n) is 4.87. The van der Waals surface area contributed by atoms with E-state index < -0.39 is 0 Å². The molecular formula is C14H20ClN. The van der Waals surface area contributed by atoms with Crippen molar-refractivity contribution < 1.29 is 0 Å². The lowest BCUT2D eigenvalue weighted by Crippen LogP contribution is -2.30. The zero-order valence-electron chi connectivity index (χ0n) is 9.88. The van der Waals surface area contributed by atoms with E-state index in [1.54, 1.807) is 0 Å². The molecule has 1 aromatic rings. The number of nitrogens with one attached hydrogen (secondary N) is 1. The van der Waals surface area contributed by atoms with E-state index in [1.165, 1.54) is 37.9 Å². The molecule has 2 rings (SSSR count). The van der Waals surface area contributed by atoms with Crippen molar-refractivity contribution >= 4 is 11.6 Å². The first-order chi connectivity index (χ1) is 7.77. The van der Waals surface area contributed by atoms with Crippen molar-refractivity contribution in [3.63, 3.8) is 0 Å². The lowest BCUT2D eigenvalue weighted by Gasteiger charge is -2.26. The van der Waals surface area contributed by atoms with Gasteiger partial charge in [0.2, 0.25) is 0 Å². The molecule has 2 atom stereocenters. The third-order valence-corrected chi connectivity index (χ3v) is 3.87. The van der Waals surface area contributed by atoms with Crippen LogP contribution in [0.25, 0.3) is 0 Å². The van der Waals surface area contributed by atoms with Crippen molar-refractivity contribution in [1.82, 2.24) is 5.32 Å². The normalized spacial score (nSPS) is 23.0. The van der Waals surface area contributed by atoms with Gasteiger partial charge in [0.1, 0.15) is 0 Å². The first kappa shape index (κ1) is 11.9. The van der Waals surface area contributed by atoms with Crippen molar-refractivity contribution in [2.24, 2.45) is 5.92 Å². The van der Waals surface area contributed by atoms with Crippen LogP contribution in [0.5, 0.6) is 0 Å². The Morgan fingerprint density at radius 2 is 2.25 bits per heavy atom. The number of piperidine rings is 1. The summed E-state index contributed by atoms with van der Waals surface area (Å²) in [6.45, 7) is 4.65. The van der Waals surface area contributed by atoms with Gasteiger partial charge < -0.3 is 5.32 Å². The smallest absolute Gasteiger partial charge is 0.0440 e. The summed E-state index contributed by atoms with van der Waals surface area (Å²) >= 11 is 6.22. The predicted octanol–water partition coefficient (Wildman–Crippen LogP) is 3.83. The van der Waals surface area contributed by atoms with Crippen LogP contribution in [-0.4, -0.2) is 13.1 Å². The minimum atomic E-state index is 0.568. The van der Waals surface area contributed by atoms with Crippen LogP contribution in [0.15, 0.2) is 24.3 Å². The van der Waals surface area contributed by atoms with Gasteiger partial charge in [-0.1, -0.05) is 36.7 Å². The van der Waals surface area contributed by atoms with Gasteiger partial charge >= 0.3 is 0 Å². The van der Waals surface area contributed by atoms with Gasteiger partial charge in [-0.25, -0.2) is 0 Å². The fourth-order valence-electron chi connectivity index (χ4n) is 2.63. The Morgan fingerprint density at radius 1 is 1.44 bits per heavy atom. The Bertz CT molecular complexity index is 331. The van der Waals surface area contributed by atoms with E-state index in [2.05, 4.69) is 24.4 Å². The molecule has 0 amide bonds. The lowest BCUT2D eigenvalue weighted by molar-refractivity contribution is 0.340. The van der Waals surface area contributed by atoms with Crippen LogP contribution in [0.2, 0.25) is 5.02 Å². The number of benzene rings is 1. The average molecular weight is 238 g/mol. The summed E-state index contributed by atoms with van der Waals surface area (Å²) in [6.07, 6.45) is 3.93. The van der Waals surface area contributed by atoms with Gasteiger partial charge in [-0.05, 0) is 55.8 Å². The fraction of sp³-hybridized carbons (Fsp3) is 0.571. The molecule has 2 unspecified atom stereocenters. The molecule has 2 heteroatoms. The monoisotopic (exact) mass is 237 g/mol. The van der Waals surface area contributed by atoms with E-state index in [9.17, 15) is 0 Å². The molecule has 0 bridgehead atoms. The summed E-state index contributed by atoms with van der Waals surface area (Å²) in [5, 5.41) is 4.39. The minimum absolute atomic E-state index is 0.568. The lowest BCUT2D eigenvalue weighted by atomic mass is 9.86. The van der Waals surface area contributed by atoms with Gasteiger partial charge in [-0.15, -0.1) is 0 Å². The number of rotatable bonds is 3. The molecule has 1 aliphatic rings. The third kappa shape index (κ3) is 2.99. The van der Waals surface area contributed by atoms with Crippen LogP contribution >= 0.6 is 11.6 Å². The molecule has 1 fully saturated rings. The zero-order valence-corrected chi connectivity index (χ0v) is 10.6. The van der Waals surface area contributed by atoms with Crippen molar-refractivity contribution in [3.8, 4) is 0 Å². The largest absolute Gasteiger partial charge is 0.316 e. The van der Waals surface area contributed by atoms with Crippen molar-refractivity contribution in [3.05, 3.63) is 34.9 Å². The first-order valence-electron chi connectivity index (χ1n) is 6.22. The number of hydrogen-bond acceptors (Lipinski definition) is 1. The van der Waals surface area contributed by atoms with Crippen LogP contribution in [-0.2, 0) is 0 Å². The van der Waals surface area contributed by atoms with Crippen LogP contribution in [0, 0.1) is 5.92 Å². The maximum atomic E-state index is 6.22. The first-order valence-corrected chi connectivity index (χ1v) is 6.60. The summed E-state index contributed by atoms with van der Waals surface area (Å²) in [7, 11) is 0. The predicted molar refractivity (Wildman–Crippen MR) is 70.1 cm³/mol. The van der Waals surface area contributed by atoms with E-state index in [1.807, 2.05) is 12.1 Å². The number of hydrogen-bond donors (Lipinski definition) is 1. The summed E-state index contributed by atoms with van der Waals surface area (Å²) in [5.41, 5.74) is 1.30. The summed E-state index contributed by atoms with van der Waals surface area (Å²) < 4.78 is 0. The van der Waals surface area contributed by atoms with E-state index in [-0.39, 0.29) is 0 Å². The molecule has 0 saturated carbocycles. The van der Waals surface area contributed by atoms with Crippen LogP contribution in [0.4, 0.5) is 0 Å². The molecular weight excluding hydrogens is 218 g/mol. The standard InChI is InChI=1S/C14H20ClN/c1-11(9-12-5-4-8-16-10-12)13-6-2-3-7-14(13)15/h2-3,6-7,11-12,16H,4-5,8-10H2,1H3. The Hall–Kier alpha value is -0.530. The topological polar surface area (TPSA) is 12.0 Å². The molecule has 88 valence electrons. The van der Waals surface area contributed by atoms with E-state index in [0.29, 0.717) is 5.92 Å². The second kappa shape index (κ2) is 5.70. The van der Waals surface area contributed by atoms with Gasteiger partial charge in [-0.3, -0.25) is 0 Å². The highest BCUT2D eigenvalue weighted by atomic mass is 35.5. The minimum Gasteiger partial charge on any atom is -0.316 e. The summed E-state index contributed by atoms with van der Waals surface area (Å²) in [6, 6.07) is 8.23. The Morgan fingerprint density at radius 3 is 2.94 bits per heavy atom. The van der Waals surface area contributed by atoms with E-state index >= 15 is 0 Å². The maximum absolute atomic E-state index is 6.22. The quantitative estimate of drug-likeness (QED) is 0.843. The molecule has 1 N–H and O–H groups in total. The summed E-state index contributed by atoms with van der Waals surface area (Å²) in [5.74, 6) is 1.39. The molecule has 1 nitrogen and oxygen atoms in total. The molecule has 1 aliphatic heterocycles. The molecule has 16 heavy (non-hydrogen) atoms. The molecule has 1 saturated heterocycles. The Balaban J connectivity index is 1.96. The average Bonchev–Trinajstić information content (AvgIpc) is 2.31. The number of halogens is 1. The fourth-order valence-corrected chi connectivity index (χ4v) is 2.95. The van der Waals surface area contributed by atoms with E-state index in [4.69, 9.17) is 11.6 Å². The Kier molecular flexibility index (Phi) is 4.25. The molecule has 0 aliphatic carbocycles. The third-order valence-electron chi connectivity index (χ3n) is 3.52. The molecule has 0 radical (unpaired) electrons. The van der Waals surface area contributed by atoms with Crippen LogP contribution in [0.1, 0.15) is 37.7 Å². The molecule has 1 aromatic carbocycles. The molecule has 0 spiro atoms. The van der Waals surface area contributed by atoms with Crippen LogP contribution in [0.3, 0.4) is 0 Å². The Labute approximate surface area is 103 Å². The van der Waals surface area contributed by atoms with Gasteiger partial charge in [0.15, 0.2) is 0 Å². The highest BCUT2D eigenvalue weighted by Crippen LogP contribution is 2.30. The zero-order chi connectivity index (χ0) is 11.4. The van der Waals surface area contributed by atoms with Crippen molar-refractivity contribution in [1.29, 1.82) is 0 Å². The molecule has 0 aromatic heterocycles. The van der Waals surface area contributed by atoms with E-state index in [0.717, 1.165) is 10.9 Å².